The third kappa shape index (κ3) is 10.7. The summed E-state index contributed by atoms with van der Waals surface area (Å²) in [6.45, 7) is 5.64. The van der Waals surface area contributed by atoms with Crippen LogP contribution >= 0.6 is 24.0 Å². The fourth-order valence-electron chi connectivity index (χ4n) is 3.04. The van der Waals surface area contributed by atoms with Crippen molar-refractivity contribution >= 4 is 50.6 Å². The Morgan fingerprint density at radius 3 is 2.48 bits per heavy atom. The van der Waals surface area contributed by atoms with Gasteiger partial charge >= 0.3 is 0 Å². The Hall–Kier alpha value is -0.720. The number of nitrogens with one attached hydrogen (secondary N) is 2. The first-order valence-corrected chi connectivity index (χ1v) is 13.1. The van der Waals surface area contributed by atoms with E-state index in [2.05, 4.69) is 20.5 Å². The van der Waals surface area contributed by atoms with E-state index in [-0.39, 0.29) is 29.7 Å². The van der Waals surface area contributed by atoms with Crippen LogP contribution in [0.4, 0.5) is 0 Å². The van der Waals surface area contributed by atoms with E-state index in [1.807, 2.05) is 37.3 Å². The zero-order valence-electron chi connectivity index (χ0n) is 17.2. The van der Waals surface area contributed by atoms with Gasteiger partial charge in [0.1, 0.15) is 9.84 Å². The van der Waals surface area contributed by atoms with Crippen molar-refractivity contribution in [3.8, 4) is 0 Å². The van der Waals surface area contributed by atoms with E-state index >= 15 is 0 Å². The molecule has 1 fully saturated rings. The molecule has 166 valence electrons. The van der Waals surface area contributed by atoms with E-state index in [0.717, 1.165) is 43.3 Å². The summed E-state index contributed by atoms with van der Waals surface area (Å²) in [5.41, 5.74) is 0. The number of aliphatic imine (C=N–C) groups is 1. The molecule has 1 unspecified atom stereocenters. The molecule has 0 spiro atoms. The van der Waals surface area contributed by atoms with Crippen LogP contribution < -0.4 is 10.6 Å². The average Bonchev–Trinajstić information content (AvgIpc) is 2.67. The van der Waals surface area contributed by atoms with E-state index in [4.69, 9.17) is 0 Å². The van der Waals surface area contributed by atoms with Gasteiger partial charge in [0.25, 0.3) is 0 Å². The molecule has 0 amide bonds. The van der Waals surface area contributed by atoms with Crippen molar-refractivity contribution in [2.24, 2.45) is 4.99 Å². The zero-order valence-corrected chi connectivity index (χ0v) is 21.1. The first-order valence-electron chi connectivity index (χ1n) is 9.75. The maximum atomic E-state index is 12.3. The van der Waals surface area contributed by atoms with Crippen LogP contribution in [0.5, 0.6) is 0 Å². The Labute approximate surface area is 194 Å². The molecule has 10 heteroatoms. The Bertz CT molecular complexity index is 752. The van der Waals surface area contributed by atoms with Crippen LogP contribution in [0.3, 0.4) is 0 Å². The van der Waals surface area contributed by atoms with Gasteiger partial charge in [0.2, 0.25) is 0 Å². The van der Waals surface area contributed by atoms with Crippen molar-refractivity contribution in [3.05, 3.63) is 30.3 Å². The summed E-state index contributed by atoms with van der Waals surface area (Å²) in [5.74, 6) is 1.46. The fourth-order valence-corrected chi connectivity index (χ4v) is 4.58. The summed E-state index contributed by atoms with van der Waals surface area (Å²) in [6.07, 6.45) is 3.18. The minimum absolute atomic E-state index is 0. The Morgan fingerprint density at radius 1 is 1.24 bits per heavy atom. The molecule has 1 aromatic rings. The molecule has 0 aliphatic carbocycles. The number of piperidine rings is 1. The lowest BCUT2D eigenvalue weighted by Gasteiger charge is -2.32. The summed E-state index contributed by atoms with van der Waals surface area (Å²) in [4.78, 5) is 7.60. The smallest absolute Gasteiger partial charge is 0.191 e. The van der Waals surface area contributed by atoms with Crippen molar-refractivity contribution in [3.63, 3.8) is 0 Å². The van der Waals surface area contributed by atoms with Crippen LogP contribution in [0.25, 0.3) is 0 Å². The highest BCUT2D eigenvalue weighted by atomic mass is 127. The molecule has 2 rings (SSSR count). The first-order chi connectivity index (χ1) is 13.4. The number of hydrogen-bond donors (Lipinski definition) is 2. The molecule has 1 aromatic carbocycles. The largest absolute Gasteiger partial charge is 0.357 e. The summed E-state index contributed by atoms with van der Waals surface area (Å²) in [6, 6.07) is 9.77. The van der Waals surface area contributed by atoms with E-state index in [0.29, 0.717) is 24.9 Å². The number of nitrogens with zero attached hydrogens (tertiary/aromatic N) is 2. The topological polar surface area (TPSA) is 90.9 Å². The quantitative estimate of drug-likeness (QED) is 0.272. The Morgan fingerprint density at radius 2 is 1.90 bits per heavy atom. The van der Waals surface area contributed by atoms with Gasteiger partial charge in [0.05, 0.1) is 23.1 Å². The second kappa shape index (κ2) is 13.6. The van der Waals surface area contributed by atoms with Gasteiger partial charge in [-0.25, -0.2) is 8.42 Å². The molecule has 7 nitrogen and oxygen atoms in total. The molecule has 0 saturated carbocycles. The van der Waals surface area contributed by atoms with Crippen LogP contribution in [-0.4, -0.2) is 80.0 Å². The molecule has 2 N–H and O–H groups in total. The number of hydrogen-bond acceptors (Lipinski definition) is 5. The second-order valence-corrected chi connectivity index (χ2v) is 10.8. The highest BCUT2D eigenvalue weighted by molar-refractivity contribution is 14.0. The number of rotatable bonds is 9. The molecule has 0 bridgehead atoms. The van der Waals surface area contributed by atoms with Crippen LogP contribution in [-0.2, 0) is 20.6 Å². The number of benzene rings is 1. The van der Waals surface area contributed by atoms with Crippen LogP contribution in [0, 0.1) is 0 Å². The minimum atomic E-state index is -2.91. The minimum Gasteiger partial charge on any atom is -0.357 e. The zero-order chi connectivity index (χ0) is 20.4. The standard InChI is InChI=1S/C19H32N4O3S2.HI/c1-3-20-19(21-11-15-27(24)18-7-5-4-6-8-18)22-17-9-12-23(13-10-17)14-16-28(2,25)26;/h4-8,17H,3,9-16H2,1-2H3,(H2,20,21,22);1H. The number of sulfone groups is 1. The van der Waals surface area contributed by atoms with Gasteiger partial charge in [-0.2, -0.15) is 0 Å². The van der Waals surface area contributed by atoms with Gasteiger partial charge in [-0.3, -0.25) is 9.20 Å². The van der Waals surface area contributed by atoms with Crippen LogP contribution in [0.2, 0.25) is 0 Å². The van der Waals surface area contributed by atoms with Crippen molar-refractivity contribution in [1.82, 2.24) is 15.5 Å². The predicted molar refractivity (Wildman–Crippen MR) is 131 cm³/mol. The van der Waals surface area contributed by atoms with E-state index in [9.17, 15) is 12.6 Å². The van der Waals surface area contributed by atoms with Crippen molar-refractivity contribution in [1.29, 1.82) is 0 Å². The van der Waals surface area contributed by atoms with Crippen molar-refractivity contribution < 1.29 is 12.6 Å². The summed E-state index contributed by atoms with van der Waals surface area (Å²) in [5, 5.41) is 6.70. The van der Waals surface area contributed by atoms with Gasteiger partial charge in [-0.15, -0.1) is 24.0 Å². The molecule has 0 radical (unpaired) electrons. The second-order valence-electron chi connectivity index (χ2n) is 7.01. The van der Waals surface area contributed by atoms with E-state index in [1.54, 1.807) is 0 Å². The fraction of sp³-hybridized carbons (Fsp3) is 0.632. The summed E-state index contributed by atoms with van der Waals surface area (Å²) < 4.78 is 34.9. The molecule has 0 aromatic heterocycles. The lowest BCUT2D eigenvalue weighted by Crippen LogP contribution is -2.49. The normalized spacial score (nSPS) is 17.4. The molecule has 1 saturated heterocycles. The lowest BCUT2D eigenvalue weighted by atomic mass is 10.1. The molecule has 1 atom stereocenters. The highest BCUT2D eigenvalue weighted by Gasteiger charge is 2.20. The van der Waals surface area contributed by atoms with Gasteiger partial charge in [-0.05, 0) is 31.9 Å². The van der Waals surface area contributed by atoms with Crippen molar-refractivity contribution in [2.45, 2.75) is 30.7 Å². The third-order valence-electron chi connectivity index (χ3n) is 4.60. The highest BCUT2D eigenvalue weighted by Crippen LogP contribution is 2.10. The molecule has 1 aliphatic heterocycles. The summed E-state index contributed by atoms with van der Waals surface area (Å²) in [7, 11) is -3.96. The SMILES string of the molecule is CCNC(=NCCS(=O)c1ccccc1)NC1CCN(CCS(C)(=O)=O)CC1.I. The van der Waals surface area contributed by atoms with Crippen LogP contribution in [0.15, 0.2) is 40.2 Å². The average molecular weight is 557 g/mol. The van der Waals surface area contributed by atoms with Gasteiger partial charge in [0.15, 0.2) is 5.96 Å². The maximum absolute atomic E-state index is 12.3. The molecular weight excluding hydrogens is 523 g/mol. The maximum Gasteiger partial charge on any atom is 0.191 e. The van der Waals surface area contributed by atoms with Crippen LogP contribution in [0.1, 0.15) is 19.8 Å². The Balaban J connectivity index is 0.00000420. The molecule has 1 heterocycles. The van der Waals surface area contributed by atoms with E-state index in [1.165, 1.54) is 6.26 Å². The Kier molecular flexibility index (Phi) is 12.3. The van der Waals surface area contributed by atoms with Gasteiger partial charge in [0, 0.05) is 49.1 Å². The van der Waals surface area contributed by atoms with Gasteiger partial charge < -0.3 is 15.5 Å². The van der Waals surface area contributed by atoms with Crippen molar-refractivity contribution in [2.75, 3.05) is 50.5 Å². The van der Waals surface area contributed by atoms with Gasteiger partial charge in [-0.1, -0.05) is 18.2 Å². The molecule has 1 aliphatic rings. The lowest BCUT2D eigenvalue weighted by molar-refractivity contribution is 0.216. The monoisotopic (exact) mass is 556 g/mol. The number of likely N-dealkylation sites (tertiary alicyclic amines) is 1. The molecule has 29 heavy (non-hydrogen) atoms. The number of guanidine groups is 1. The number of halogens is 1. The summed E-state index contributed by atoms with van der Waals surface area (Å²) >= 11 is 0. The predicted octanol–water partition coefficient (Wildman–Crippen LogP) is 1.48. The van der Waals surface area contributed by atoms with E-state index < -0.39 is 20.6 Å². The third-order valence-corrected chi connectivity index (χ3v) is 6.88. The first kappa shape index (κ1) is 26.3. The molecular formula is C19H33IN4O3S2.